The van der Waals surface area contributed by atoms with Gasteiger partial charge in [0.1, 0.15) is 6.07 Å². The summed E-state index contributed by atoms with van der Waals surface area (Å²) in [5.41, 5.74) is 0.613. The van der Waals surface area contributed by atoms with Gasteiger partial charge in [0.2, 0.25) is 5.91 Å². The molecule has 0 N–H and O–H groups in total. The van der Waals surface area contributed by atoms with Gasteiger partial charge in [0, 0.05) is 45.3 Å². The van der Waals surface area contributed by atoms with Gasteiger partial charge in [-0.25, -0.2) is 0 Å². The van der Waals surface area contributed by atoms with Crippen LogP contribution in [0.15, 0.2) is 12.4 Å². The highest BCUT2D eigenvalue weighted by atomic mass is 16.2. The van der Waals surface area contributed by atoms with Crippen LogP contribution in [0.4, 0.5) is 0 Å². The Morgan fingerprint density at radius 1 is 1.43 bits per heavy atom. The number of carbonyl (C=O) groups is 1. The number of likely N-dealkylation sites (N-methyl/N-ethyl adjacent to an activating group) is 1. The van der Waals surface area contributed by atoms with Crippen molar-refractivity contribution < 1.29 is 4.79 Å². The van der Waals surface area contributed by atoms with Gasteiger partial charge in [-0.1, -0.05) is 6.42 Å². The van der Waals surface area contributed by atoms with Gasteiger partial charge < -0.3 is 4.90 Å². The molecule has 0 aromatic carbocycles. The fourth-order valence-corrected chi connectivity index (χ4v) is 3.20. The van der Waals surface area contributed by atoms with Crippen molar-refractivity contribution in [1.82, 2.24) is 19.6 Å². The first-order valence-electron chi connectivity index (χ1n) is 7.59. The zero-order valence-corrected chi connectivity index (χ0v) is 12.4. The molecule has 2 aliphatic rings. The highest BCUT2D eigenvalue weighted by Crippen LogP contribution is 2.24. The standard InChI is InChI=1S/C15H21N5O/c1-18-13(4-2-3-5-15(18)21)9-19-10-14(11-19)20-8-12(6-16)7-17-20/h7-8,13-14H,2-5,9-11H2,1H3. The number of hydrogen-bond donors (Lipinski definition) is 0. The number of hydrogen-bond acceptors (Lipinski definition) is 4. The first kappa shape index (κ1) is 14.1. The number of nitrogens with zero attached hydrogens (tertiary/aromatic N) is 5. The molecule has 1 aromatic heterocycles. The van der Waals surface area contributed by atoms with Gasteiger partial charge in [0.05, 0.1) is 17.8 Å². The van der Waals surface area contributed by atoms with E-state index in [2.05, 4.69) is 16.1 Å². The fourth-order valence-electron chi connectivity index (χ4n) is 3.20. The molecule has 1 unspecified atom stereocenters. The second-order valence-corrected chi connectivity index (χ2v) is 6.10. The summed E-state index contributed by atoms with van der Waals surface area (Å²) in [6, 6.07) is 2.80. The number of carbonyl (C=O) groups excluding carboxylic acids is 1. The van der Waals surface area contributed by atoms with Crippen LogP contribution in [0.25, 0.3) is 0 Å². The molecule has 3 rings (SSSR count). The molecule has 2 fully saturated rings. The molecule has 21 heavy (non-hydrogen) atoms. The third kappa shape index (κ3) is 2.93. The zero-order chi connectivity index (χ0) is 14.8. The van der Waals surface area contributed by atoms with Crippen LogP contribution in [-0.4, -0.2) is 58.2 Å². The van der Waals surface area contributed by atoms with Gasteiger partial charge in [-0.05, 0) is 12.8 Å². The largest absolute Gasteiger partial charge is 0.341 e. The molecule has 0 radical (unpaired) electrons. The van der Waals surface area contributed by atoms with E-state index < -0.39 is 0 Å². The normalized spacial score (nSPS) is 24.5. The van der Waals surface area contributed by atoms with Crippen LogP contribution in [-0.2, 0) is 4.79 Å². The molecule has 6 nitrogen and oxygen atoms in total. The van der Waals surface area contributed by atoms with Crippen LogP contribution in [0.5, 0.6) is 0 Å². The Labute approximate surface area is 124 Å². The van der Waals surface area contributed by atoms with Crippen molar-refractivity contribution in [3.8, 4) is 6.07 Å². The van der Waals surface area contributed by atoms with Gasteiger partial charge in [0.15, 0.2) is 0 Å². The average Bonchev–Trinajstić information content (AvgIpc) is 2.85. The third-order valence-electron chi connectivity index (χ3n) is 4.63. The molecular formula is C15H21N5O. The molecule has 2 saturated heterocycles. The summed E-state index contributed by atoms with van der Waals surface area (Å²) in [6.45, 7) is 2.85. The molecule has 0 aliphatic carbocycles. The summed E-state index contributed by atoms with van der Waals surface area (Å²) in [7, 11) is 1.93. The van der Waals surface area contributed by atoms with Crippen molar-refractivity contribution in [2.45, 2.75) is 37.8 Å². The van der Waals surface area contributed by atoms with Crippen LogP contribution < -0.4 is 0 Å². The lowest BCUT2D eigenvalue weighted by atomic mass is 10.0. The van der Waals surface area contributed by atoms with Crippen molar-refractivity contribution in [3.63, 3.8) is 0 Å². The molecule has 2 aliphatic heterocycles. The van der Waals surface area contributed by atoms with E-state index >= 15 is 0 Å². The quantitative estimate of drug-likeness (QED) is 0.832. The van der Waals surface area contributed by atoms with Crippen molar-refractivity contribution in [1.29, 1.82) is 5.26 Å². The van der Waals surface area contributed by atoms with Gasteiger partial charge in [-0.2, -0.15) is 10.4 Å². The Morgan fingerprint density at radius 2 is 2.24 bits per heavy atom. The van der Waals surface area contributed by atoms with E-state index in [0.29, 0.717) is 24.1 Å². The number of likely N-dealkylation sites (tertiary alicyclic amines) is 2. The zero-order valence-electron chi connectivity index (χ0n) is 12.4. The van der Waals surface area contributed by atoms with Crippen LogP contribution in [0.3, 0.4) is 0 Å². The number of rotatable bonds is 3. The van der Waals surface area contributed by atoms with Crippen molar-refractivity contribution in [2.75, 3.05) is 26.7 Å². The number of aromatic nitrogens is 2. The van der Waals surface area contributed by atoms with Crippen LogP contribution >= 0.6 is 0 Å². The van der Waals surface area contributed by atoms with Gasteiger partial charge >= 0.3 is 0 Å². The summed E-state index contributed by atoms with van der Waals surface area (Å²) in [5.74, 6) is 0.278. The minimum Gasteiger partial charge on any atom is -0.341 e. The van der Waals surface area contributed by atoms with E-state index in [9.17, 15) is 4.79 Å². The fraction of sp³-hybridized carbons (Fsp3) is 0.667. The third-order valence-corrected chi connectivity index (χ3v) is 4.63. The predicted molar refractivity (Wildman–Crippen MR) is 77.4 cm³/mol. The topological polar surface area (TPSA) is 65.2 Å². The molecule has 0 spiro atoms. The van der Waals surface area contributed by atoms with E-state index in [1.165, 1.54) is 0 Å². The smallest absolute Gasteiger partial charge is 0.222 e. The average molecular weight is 287 g/mol. The van der Waals surface area contributed by atoms with E-state index in [1.54, 1.807) is 6.20 Å². The SMILES string of the molecule is CN1C(=O)CCCCC1CN1CC(n2cc(C#N)cn2)C1. The maximum absolute atomic E-state index is 11.9. The first-order valence-corrected chi connectivity index (χ1v) is 7.59. The highest BCUT2D eigenvalue weighted by molar-refractivity contribution is 5.76. The highest BCUT2D eigenvalue weighted by Gasteiger charge is 2.32. The van der Waals surface area contributed by atoms with Crippen LogP contribution in [0, 0.1) is 11.3 Å². The van der Waals surface area contributed by atoms with E-state index in [1.807, 2.05) is 22.8 Å². The first-order chi connectivity index (χ1) is 10.2. The molecule has 1 atom stereocenters. The second-order valence-electron chi connectivity index (χ2n) is 6.10. The second kappa shape index (κ2) is 5.86. The van der Waals surface area contributed by atoms with E-state index in [0.717, 1.165) is 38.9 Å². The molecule has 6 heteroatoms. The molecule has 1 amide bonds. The van der Waals surface area contributed by atoms with Crippen molar-refractivity contribution >= 4 is 5.91 Å². The maximum atomic E-state index is 11.9. The predicted octanol–water partition coefficient (Wildman–Crippen LogP) is 1.01. The van der Waals surface area contributed by atoms with Crippen molar-refractivity contribution in [2.24, 2.45) is 0 Å². The molecular weight excluding hydrogens is 266 g/mol. The summed E-state index contributed by atoms with van der Waals surface area (Å²) in [4.78, 5) is 16.2. The Balaban J connectivity index is 1.52. The lowest BCUT2D eigenvalue weighted by molar-refractivity contribution is -0.131. The number of amides is 1. The van der Waals surface area contributed by atoms with Gasteiger partial charge in [0.25, 0.3) is 0 Å². The lowest BCUT2D eigenvalue weighted by Gasteiger charge is -2.42. The van der Waals surface area contributed by atoms with Crippen molar-refractivity contribution in [3.05, 3.63) is 18.0 Å². The Morgan fingerprint density at radius 3 is 2.95 bits per heavy atom. The Hall–Kier alpha value is -1.87. The lowest BCUT2D eigenvalue weighted by Crippen LogP contribution is -2.53. The Bertz CT molecular complexity index is 555. The monoisotopic (exact) mass is 287 g/mol. The molecule has 3 heterocycles. The van der Waals surface area contributed by atoms with Gasteiger partial charge in [-0.15, -0.1) is 0 Å². The molecule has 0 saturated carbocycles. The summed E-state index contributed by atoms with van der Waals surface area (Å²) in [5, 5.41) is 13.1. The maximum Gasteiger partial charge on any atom is 0.222 e. The summed E-state index contributed by atoms with van der Waals surface area (Å²) in [6.07, 6.45) is 7.38. The minimum atomic E-state index is 0.278. The van der Waals surface area contributed by atoms with Crippen LogP contribution in [0.2, 0.25) is 0 Å². The van der Waals surface area contributed by atoms with Gasteiger partial charge in [-0.3, -0.25) is 14.4 Å². The van der Waals surface area contributed by atoms with Crippen LogP contribution in [0.1, 0.15) is 37.3 Å². The molecule has 0 bridgehead atoms. The van der Waals surface area contributed by atoms with E-state index in [-0.39, 0.29) is 5.91 Å². The number of nitriles is 1. The summed E-state index contributed by atoms with van der Waals surface area (Å²) < 4.78 is 1.89. The minimum absolute atomic E-state index is 0.278. The Kier molecular flexibility index (Phi) is 3.93. The van der Waals surface area contributed by atoms with E-state index in [4.69, 9.17) is 5.26 Å². The summed E-state index contributed by atoms with van der Waals surface area (Å²) >= 11 is 0. The molecule has 112 valence electrons. The molecule has 1 aromatic rings.